The Morgan fingerprint density at radius 3 is 2.64 bits per heavy atom. The van der Waals surface area contributed by atoms with Gasteiger partial charge >= 0.3 is 6.09 Å². The molecule has 132 valence electrons. The van der Waals surface area contributed by atoms with E-state index in [2.05, 4.69) is 29.1 Å². The van der Waals surface area contributed by atoms with Crippen LogP contribution < -0.4 is 16.0 Å². The zero-order valence-corrected chi connectivity index (χ0v) is 14.6. The largest absolute Gasteiger partial charge is 0.447 e. The molecule has 1 saturated heterocycles. The van der Waals surface area contributed by atoms with Crippen LogP contribution in [0, 0.1) is 5.92 Å². The number of carbonyl (C=O) groups excluding carboxylic acids is 1. The number of aromatic nitrogens is 2. The Labute approximate surface area is 147 Å². The molecule has 1 aromatic carbocycles. The predicted octanol–water partition coefficient (Wildman–Crippen LogP) is 3.21. The summed E-state index contributed by atoms with van der Waals surface area (Å²) in [5.41, 5.74) is 7.52. The number of hydrogen-bond acceptors (Lipinski definition) is 6. The van der Waals surface area contributed by atoms with Crippen molar-refractivity contribution < 1.29 is 9.53 Å². The maximum absolute atomic E-state index is 12.1. The smallest absolute Gasteiger partial charge is 0.415 e. The lowest BCUT2D eigenvalue weighted by molar-refractivity contribution is 0.177. The Morgan fingerprint density at radius 2 is 1.96 bits per heavy atom. The van der Waals surface area contributed by atoms with Crippen LogP contribution in [0.25, 0.3) is 0 Å². The van der Waals surface area contributed by atoms with Crippen molar-refractivity contribution in [3.05, 3.63) is 42.1 Å². The van der Waals surface area contributed by atoms with Gasteiger partial charge in [0, 0.05) is 11.9 Å². The molecule has 25 heavy (non-hydrogen) atoms. The topological polar surface area (TPSA) is 93.4 Å². The Morgan fingerprint density at radius 1 is 1.24 bits per heavy atom. The summed E-state index contributed by atoms with van der Waals surface area (Å²) in [6, 6.07) is 9.34. The average Bonchev–Trinajstić information content (AvgIpc) is 2.97. The van der Waals surface area contributed by atoms with E-state index in [1.807, 2.05) is 31.2 Å². The molecule has 0 saturated carbocycles. The summed E-state index contributed by atoms with van der Waals surface area (Å²) in [6.45, 7) is 6.51. The van der Waals surface area contributed by atoms with Crippen molar-refractivity contribution in [1.29, 1.82) is 0 Å². The van der Waals surface area contributed by atoms with E-state index in [1.54, 1.807) is 17.2 Å². The molecule has 1 aromatic heterocycles. The van der Waals surface area contributed by atoms with Gasteiger partial charge in [-0.1, -0.05) is 26.0 Å². The molecular weight excluding hydrogens is 318 g/mol. The van der Waals surface area contributed by atoms with Crippen LogP contribution in [-0.2, 0) is 4.74 Å². The number of nitrogen functional groups attached to an aromatic ring is 1. The maximum Gasteiger partial charge on any atom is 0.415 e. The fraction of sp³-hybridized carbons (Fsp3) is 0.389. The molecular formula is C18H23N5O2. The number of nitrogens with zero attached hydrogens (tertiary/aromatic N) is 3. The van der Waals surface area contributed by atoms with Crippen LogP contribution >= 0.6 is 0 Å². The highest BCUT2D eigenvalue weighted by Gasteiger charge is 2.37. The number of anilines is 3. The Bertz CT molecular complexity index is 747. The van der Waals surface area contributed by atoms with Gasteiger partial charge in [-0.3, -0.25) is 4.90 Å². The van der Waals surface area contributed by atoms with Crippen LogP contribution in [0.1, 0.15) is 32.4 Å². The molecule has 2 heterocycles. The number of hydrogen-bond donors (Lipinski definition) is 2. The molecule has 0 spiro atoms. The molecule has 0 aliphatic carbocycles. The molecule has 2 atom stereocenters. The van der Waals surface area contributed by atoms with Gasteiger partial charge in [0.15, 0.2) is 0 Å². The Kier molecular flexibility index (Phi) is 4.74. The van der Waals surface area contributed by atoms with Crippen molar-refractivity contribution in [3.63, 3.8) is 0 Å². The first kappa shape index (κ1) is 17.0. The summed E-state index contributed by atoms with van der Waals surface area (Å²) in [6.07, 6.45) is 1.28. The van der Waals surface area contributed by atoms with Crippen LogP contribution in [0.5, 0.6) is 0 Å². The lowest BCUT2D eigenvalue weighted by atomic mass is 10.0. The number of benzene rings is 1. The lowest BCUT2D eigenvalue weighted by Crippen LogP contribution is -2.37. The molecule has 7 heteroatoms. The molecule has 3 N–H and O–H groups in total. The average molecular weight is 341 g/mol. The third-order valence-electron chi connectivity index (χ3n) is 4.35. The van der Waals surface area contributed by atoms with Gasteiger partial charge in [0.2, 0.25) is 5.95 Å². The highest BCUT2D eigenvalue weighted by Crippen LogP contribution is 2.26. The van der Waals surface area contributed by atoms with Crippen LogP contribution in [-0.4, -0.2) is 28.7 Å². The molecule has 2 aromatic rings. The maximum atomic E-state index is 12.1. The first-order valence-corrected chi connectivity index (χ1v) is 8.36. The number of rotatable bonds is 5. The number of ether oxygens (including phenoxy) is 1. The second-order valence-electron chi connectivity index (χ2n) is 6.53. The summed E-state index contributed by atoms with van der Waals surface area (Å²) < 4.78 is 5.19. The van der Waals surface area contributed by atoms with Gasteiger partial charge in [0.05, 0.1) is 12.1 Å². The van der Waals surface area contributed by atoms with Gasteiger partial charge in [0.1, 0.15) is 12.4 Å². The number of cyclic esters (lactones) is 1. The highest BCUT2D eigenvalue weighted by atomic mass is 16.6. The molecule has 2 unspecified atom stereocenters. The van der Waals surface area contributed by atoms with Gasteiger partial charge in [-0.05, 0) is 36.6 Å². The summed E-state index contributed by atoms with van der Waals surface area (Å²) in [5, 5.41) is 3.26. The Hall–Kier alpha value is -2.83. The van der Waals surface area contributed by atoms with Gasteiger partial charge in [-0.2, -0.15) is 4.98 Å². The first-order valence-electron chi connectivity index (χ1n) is 8.36. The highest BCUT2D eigenvalue weighted by molar-refractivity contribution is 5.89. The van der Waals surface area contributed by atoms with Crippen molar-refractivity contribution in [2.75, 3.05) is 22.6 Å². The summed E-state index contributed by atoms with van der Waals surface area (Å²) in [7, 11) is 0. The molecule has 1 aliphatic heterocycles. The zero-order chi connectivity index (χ0) is 18.0. The predicted molar refractivity (Wildman–Crippen MR) is 97.4 cm³/mol. The van der Waals surface area contributed by atoms with Gasteiger partial charge < -0.3 is 15.8 Å². The van der Waals surface area contributed by atoms with E-state index < -0.39 is 0 Å². The third kappa shape index (κ3) is 3.65. The first-order chi connectivity index (χ1) is 12.0. The minimum atomic E-state index is -0.366. The normalized spacial score (nSPS) is 18.3. The molecule has 0 radical (unpaired) electrons. The van der Waals surface area contributed by atoms with Crippen molar-refractivity contribution in [2.24, 2.45) is 5.92 Å². The molecule has 1 fully saturated rings. The number of nitrogens with two attached hydrogens (primary N) is 1. The lowest BCUT2D eigenvalue weighted by Gasteiger charge is -2.23. The van der Waals surface area contributed by atoms with Crippen molar-refractivity contribution >= 4 is 23.5 Å². The second-order valence-corrected chi connectivity index (χ2v) is 6.53. The van der Waals surface area contributed by atoms with Crippen molar-refractivity contribution in [1.82, 2.24) is 9.97 Å². The van der Waals surface area contributed by atoms with Gasteiger partial charge in [-0.15, -0.1) is 0 Å². The summed E-state index contributed by atoms with van der Waals surface area (Å²) in [5.74, 6) is 1.28. The Balaban J connectivity index is 1.79. The molecule has 1 aliphatic rings. The quantitative estimate of drug-likeness (QED) is 0.811. The van der Waals surface area contributed by atoms with E-state index in [0.717, 1.165) is 11.3 Å². The minimum absolute atomic E-state index is 0.00211. The van der Waals surface area contributed by atoms with Gasteiger partial charge in [-0.25, -0.2) is 9.78 Å². The van der Waals surface area contributed by atoms with Crippen molar-refractivity contribution in [3.8, 4) is 0 Å². The SMILES string of the molecule is CC(Nc1nccc(N2C(=O)OCC2C(C)C)n1)c1ccc(N)cc1. The third-order valence-corrected chi connectivity index (χ3v) is 4.35. The van der Waals surface area contributed by atoms with Crippen LogP contribution in [0.3, 0.4) is 0 Å². The molecule has 1 amide bonds. The second kappa shape index (κ2) is 6.96. The molecule has 3 rings (SSSR count). The summed E-state index contributed by atoms with van der Waals surface area (Å²) in [4.78, 5) is 22.5. The monoisotopic (exact) mass is 341 g/mol. The van der Waals surface area contributed by atoms with E-state index >= 15 is 0 Å². The number of nitrogens with one attached hydrogen (secondary N) is 1. The van der Waals surface area contributed by atoms with E-state index in [-0.39, 0.29) is 24.1 Å². The van der Waals surface area contributed by atoms with E-state index in [1.165, 1.54) is 0 Å². The summed E-state index contributed by atoms with van der Waals surface area (Å²) >= 11 is 0. The minimum Gasteiger partial charge on any atom is -0.447 e. The fourth-order valence-electron chi connectivity index (χ4n) is 2.80. The fourth-order valence-corrected chi connectivity index (χ4v) is 2.80. The van der Waals surface area contributed by atoms with Crippen LogP contribution in [0.15, 0.2) is 36.5 Å². The molecule has 0 bridgehead atoms. The number of amides is 1. The zero-order valence-electron chi connectivity index (χ0n) is 14.6. The van der Waals surface area contributed by atoms with E-state index in [4.69, 9.17) is 10.5 Å². The van der Waals surface area contributed by atoms with Gasteiger partial charge in [0.25, 0.3) is 0 Å². The van der Waals surface area contributed by atoms with Crippen LogP contribution in [0.4, 0.5) is 22.2 Å². The van der Waals surface area contributed by atoms with Crippen molar-refractivity contribution in [2.45, 2.75) is 32.9 Å². The van der Waals surface area contributed by atoms with E-state index in [9.17, 15) is 4.79 Å². The van der Waals surface area contributed by atoms with E-state index in [0.29, 0.717) is 18.4 Å². The van der Waals surface area contributed by atoms with Crippen LogP contribution in [0.2, 0.25) is 0 Å². The standard InChI is InChI=1S/C18H23N5O2/c1-11(2)15-10-25-18(24)23(15)16-8-9-20-17(22-16)21-12(3)13-4-6-14(19)7-5-13/h4-9,11-12,15H,10,19H2,1-3H3,(H,20,21,22). The number of carbonyl (C=O) groups is 1. The molecule has 7 nitrogen and oxygen atoms in total.